The molecule has 0 saturated heterocycles. The molecule has 2 aromatic rings. The van der Waals surface area contributed by atoms with Crippen molar-refractivity contribution in [1.82, 2.24) is 10.2 Å². The van der Waals surface area contributed by atoms with E-state index in [0.717, 1.165) is 22.4 Å². The van der Waals surface area contributed by atoms with Crippen LogP contribution in [0.1, 0.15) is 29.7 Å². The Morgan fingerprint density at radius 2 is 1.82 bits per heavy atom. The SMILES string of the molecule is CCOc1ccc(C=CC(=O)C2=CN(C)C(=O)NC2c2ccc(C)cc2)cc1. The molecule has 2 amide bonds. The topological polar surface area (TPSA) is 58.6 Å². The van der Waals surface area contributed by atoms with Gasteiger partial charge in [-0.2, -0.15) is 0 Å². The molecule has 0 fully saturated rings. The van der Waals surface area contributed by atoms with Crippen molar-refractivity contribution in [1.29, 1.82) is 0 Å². The van der Waals surface area contributed by atoms with Crippen LogP contribution >= 0.6 is 0 Å². The zero-order valence-corrected chi connectivity index (χ0v) is 16.3. The predicted octanol–water partition coefficient (Wildman–Crippen LogP) is 4.26. The van der Waals surface area contributed by atoms with Crippen LogP contribution in [0.15, 0.2) is 66.4 Å². The lowest BCUT2D eigenvalue weighted by Gasteiger charge is -2.29. The molecular formula is C23H24N2O3. The number of hydrogen-bond donors (Lipinski definition) is 1. The number of amides is 2. The highest BCUT2D eigenvalue weighted by Crippen LogP contribution is 2.27. The molecule has 1 aliphatic rings. The van der Waals surface area contributed by atoms with Crippen LogP contribution in [0, 0.1) is 6.92 Å². The summed E-state index contributed by atoms with van der Waals surface area (Å²) in [6, 6.07) is 14.6. The van der Waals surface area contributed by atoms with Crippen LogP contribution in [-0.2, 0) is 4.79 Å². The second kappa shape index (κ2) is 8.57. The fourth-order valence-electron chi connectivity index (χ4n) is 2.98. The van der Waals surface area contributed by atoms with Crippen molar-refractivity contribution in [2.75, 3.05) is 13.7 Å². The Bertz CT molecular complexity index is 912. The van der Waals surface area contributed by atoms with Gasteiger partial charge in [0.25, 0.3) is 0 Å². The number of ketones is 1. The Kier molecular flexibility index (Phi) is 5.94. The number of benzene rings is 2. The van der Waals surface area contributed by atoms with Crippen LogP contribution in [0.3, 0.4) is 0 Å². The lowest BCUT2D eigenvalue weighted by molar-refractivity contribution is -0.111. The molecule has 1 heterocycles. The number of carbonyl (C=O) groups excluding carboxylic acids is 2. The molecule has 0 saturated carbocycles. The number of urea groups is 1. The second-order valence-electron chi connectivity index (χ2n) is 6.69. The van der Waals surface area contributed by atoms with Gasteiger partial charge in [0.05, 0.1) is 12.6 Å². The van der Waals surface area contributed by atoms with Crippen LogP contribution in [0.5, 0.6) is 5.75 Å². The molecule has 0 aromatic heterocycles. The Hall–Kier alpha value is -3.34. The largest absolute Gasteiger partial charge is 0.494 e. The minimum absolute atomic E-state index is 0.147. The molecule has 1 N–H and O–H groups in total. The van der Waals surface area contributed by atoms with Crippen molar-refractivity contribution in [2.45, 2.75) is 19.9 Å². The summed E-state index contributed by atoms with van der Waals surface area (Å²) in [5.41, 5.74) is 3.42. The lowest BCUT2D eigenvalue weighted by atomic mass is 9.94. The highest BCUT2D eigenvalue weighted by atomic mass is 16.5. The standard InChI is InChI=1S/C23H24N2O3/c1-4-28-19-12-7-17(8-13-19)9-14-21(26)20-15-25(3)23(27)24-22(20)18-10-5-16(2)6-11-18/h5-15,22H,4H2,1-3H3,(H,24,27). The molecule has 5 heteroatoms. The van der Waals surface area contributed by atoms with Crippen molar-refractivity contribution in [2.24, 2.45) is 0 Å². The van der Waals surface area contributed by atoms with E-state index in [1.165, 1.54) is 11.0 Å². The average molecular weight is 376 g/mol. The Balaban J connectivity index is 1.83. The fourth-order valence-corrected chi connectivity index (χ4v) is 2.98. The van der Waals surface area contributed by atoms with Crippen LogP contribution in [0.2, 0.25) is 0 Å². The van der Waals surface area contributed by atoms with Gasteiger partial charge in [-0.15, -0.1) is 0 Å². The summed E-state index contributed by atoms with van der Waals surface area (Å²) in [5.74, 6) is 0.649. The number of nitrogens with one attached hydrogen (secondary N) is 1. The zero-order chi connectivity index (χ0) is 20.1. The summed E-state index contributed by atoms with van der Waals surface area (Å²) >= 11 is 0. The first-order valence-electron chi connectivity index (χ1n) is 9.25. The van der Waals surface area contributed by atoms with Gasteiger partial charge in [-0.3, -0.25) is 4.79 Å². The minimum Gasteiger partial charge on any atom is -0.494 e. The van der Waals surface area contributed by atoms with Crippen molar-refractivity contribution in [3.8, 4) is 5.75 Å². The van der Waals surface area contributed by atoms with E-state index >= 15 is 0 Å². The lowest BCUT2D eigenvalue weighted by Crippen LogP contribution is -2.43. The Labute approximate surface area is 165 Å². The van der Waals surface area contributed by atoms with Crippen molar-refractivity contribution in [3.63, 3.8) is 0 Å². The third-order valence-corrected chi connectivity index (χ3v) is 4.55. The molecular weight excluding hydrogens is 352 g/mol. The molecule has 0 aliphatic carbocycles. The average Bonchev–Trinajstić information content (AvgIpc) is 2.70. The summed E-state index contributed by atoms with van der Waals surface area (Å²) < 4.78 is 5.43. The smallest absolute Gasteiger partial charge is 0.321 e. The third-order valence-electron chi connectivity index (χ3n) is 4.55. The summed E-state index contributed by atoms with van der Waals surface area (Å²) in [6.07, 6.45) is 4.91. The van der Waals surface area contributed by atoms with Gasteiger partial charge in [0.1, 0.15) is 5.75 Å². The van der Waals surface area contributed by atoms with Crippen molar-refractivity contribution in [3.05, 3.63) is 83.1 Å². The van der Waals surface area contributed by atoms with Crippen LogP contribution in [0.4, 0.5) is 4.79 Å². The highest BCUT2D eigenvalue weighted by Gasteiger charge is 2.29. The summed E-state index contributed by atoms with van der Waals surface area (Å²) in [6.45, 7) is 4.55. The number of allylic oxidation sites excluding steroid dienone is 1. The summed E-state index contributed by atoms with van der Waals surface area (Å²) in [4.78, 5) is 26.4. The van der Waals surface area contributed by atoms with Crippen LogP contribution in [-0.4, -0.2) is 30.4 Å². The van der Waals surface area contributed by atoms with E-state index in [4.69, 9.17) is 4.74 Å². The van der Waals surface area contributed by atoms with Gasteiger partial charge in [-0.05, 0) is 43.2 Å². The van der Waals surface area contributed by atoms with Gasteiger partial charge >= 0.3 is 6.03 Å². The summed E-state index contributed by atoms with van der Waals surface area (Å²) in [7, 11) is 1.63. The first kappa shape index (κ1) is 19.4. The van der Waals surface area contributed by atoms with Gasteiger partial charge in [0.2, 0.25) is 0 Å². The number of carbonyl (C=O) groups is 2. The zero-order valence-electron chi connectivity index (χ0n) is 16.3. The van der Waals surface area contributed by atoms with E-state index in [2.05, 4.69) is 5.32 Å². The van der Waals surface area contributed by atoms with Gasteiger partial charge in [-0.1, -0.05) is 48.0 Å². The van der Waals surface area contributed by atoms with Crippen molar-refractivity contribution >= 4 is 17.9 Å². The fraction of sp³-hybridized carbons (Fsp3) is 0.217. The number of ether oxygens (including phenoxy) is 1. The van der Waals surface area contributed by atoms with Crippen LogP contribution < -0.4 is 10.1 Å². The predicted molar refractivity (Wildman–Crippen MR) is 110 cm³/mol. The molecule has 0 radical (unpaired) electrons. The van der Waals surface area contributed by atoms with E-state index in [9.17, 15) is 9.59 Å². The molecule has 1 unspecified atom stereocenters. The molecule has 28 heavy (non-hydrogen) atoms. The van der Waals surface area contributed by atoms with Gasteiger partial charge in [-0.25, -0.2) is 4.79 Å². The monoisotopic (exact) mass is 376 g/mol. The Morgan fingerprint density at radius 1 is 1.14 bits per heavy atom. The normalized spacial score (nSPS) is 16.7. The first-order chi connectivity index (χ1) is 13.5. The maximum absolute atomic E-state index is 12.9. The quantitative estimate of drug-likeness (QED) is 0.767. The van der Waals surface area contributed by atoms with Crippen molar-refractivity contribution < 1.29 is 14.3 Å². The molecule has 1 aliphatic heterocycles. The first-order valence-corrected chi connectivity index (χ1v) is 9.25. The Morgan fingerprint density at radius 3 is 2.46 bits per heavy atom. The number of nitrogens with zero attached hydrogens (tertiary/aromatic N) is 1. The minimum atomic E-state index is -0.471. The highest BCUT2D eigenvalue weighted by molar-refractivity contribution is 6.08. The second-order valence-corrected chi connectivity index (χ2v) is 6.69. The maximum Gasteiger partial charge on any atom is 0.321 e. The van der Waals surface area contributed by atoms with Gasteiger partial charge in [0, 0.05) is 18.8 Å². The molecule has 3 rings (SSSR count). The van der Waals surface area contributed by atoms with Gasteiger partial charge in [0.15, 0.2) is 5.78 Å². The van der Waals surface area contributed by atoms with E-state index in [-0.39, 0.29) is 11.8 Å². The van der Waals surface area contributed by atoms with E-state index in [1.807, 2.05) is 62.4 Å². The van der Waals surface area contributed by atoms with Gasteiger partial charge < -0.3 is 15.0 Å². The maximum atomic E-state index is 12.9. The van der Waals surface area contributed by atoms with E-state index in [0.29, 0.717) is 12.2 Å². The molecule has 0 spiro atoms. The number of rotatable bonds is 6. The van der Waals surface area contributed by atoms with E-state index < -0.39 is 6.04 Å². The molecule has 0 bridgehead atoms. The number of aryl methyl sites for hydroxylation is 1. The van der Waals surface area contributed by atoms with Crippen LogP contribution in [0.25, 0.3) is 6.08 Å². The summed E-state index contributed by atoms with van der Waals surface area (Å²) in [5, 5.41) is 2.90. The molecule has 5 nitrogen and oxygen atoms in total. The molecule has 144 valence electrons. The van der Waals surface area contributed by atoms with E-state index in [1.54, 1.807) is 19.3 Å². The molecule has 2 aromatic carbocycles. The molecule has 1 atom stereocenters. The number of hydrogen-bond acceptors (Lipinski definition) is 3. The third kappa shape index (κ3) is 4.49.